The van der Waals surface area contributed by atoms with E-state index >= 15 is 0 Å². The van der Waals surface area contributed by atoms with E-state index in [4.69, 9.17) is 0 Å². The average Bonchev–Trinajstić information content (AvgIpc) is 2.18. The second kappa shape index (κ2) is 5.93. The molecule has 4 heteroatoms. The van der Waals surface area contributed by atoms with E-state index in [0.717, 1.165) is 5.56 Å². The Hall–Kier alpha value is -1.68. The molecule has 0 spiro atoms. The monoisotopic (exact) mass is 207 g/mol. The van der Waals surface area contributed by atoms with Crippen molar-refractivity contribution < 1.29 is 14.4 Å². The second-order valence-corrected chi connectivity index (χ2v) is 3.16. The first kappa shape index (κ1) is 11.4. The highest BCUT2D eigenvalue weighted by Crippen LogP contribution is 1.97. The number of nitrogens with one attached hydrogen (secondary N) is 1. The van der Waals surface area contributed by atoms with Crippen LogP contribution in [0.5, 0.6) is 0 Å². The van der Waals surface area contributed by atoms with Gasteiger partial charge in [0.15, 0.2) is 0 Å². The Balaban J connectivity index is 2.22. The van der Waals surface area contributed by atoms with Crippen LogP contribution in [0.2, 0.25) is 0 Å². The van der Waals surface area contributed by atoms with Crippen LogP contribution in [0, 0.1) is 0 Å². The Labute approximate surface area is 88.2 Å². The van der Waals surface area contributed by atoms with Crippen LogP contribution in [-0.4, -0.2) is 11.8 Å². The quantitative estimate of drug-likeness (QED) is 0.582. The second-order valence-electron chi connectivity index (χ2n) is 3.16. The van der Waals surface area contributed by atoms with Gasteiger partial charge in [-0.05, 0) is 12.5 Å². The molecule has 1 aromatic rings. The van der Waals surface area contributed by atoms with Gasteiger partial charge in [0.05, 0.1) is 6.54 Å². The van der Waals surface area contributed by atoms with Crippen LogP contribution < -0.4 is 5.48 Å². The van der Waals surface area contributed by atoms with E-state index in [0.29, 0.717) is 6.54 Å². The van der Waals surface area contributed by atoms with E-state index in [1.165, 1.54) is 6.92 Å². The molecule has 1 N–H and O–H groups in total. The molecule has 0 aliphatic heterocycles. The van der Waals surface area contributed by atoms with Crippen molar-refractivity contribution in [3.05, 3.63) is 35.9 Å². The molecule has 0 aromatic heterocycles. The zero-order valence-corrected chi connectivity index (χ0v) is 8.53. The van der Waals surface area contributed by atoms with Gasteiger partial charge < -0.3 is 4.84 Å². The maximum Gasteiger partial charge on any atom is 0.332 e. The number of hydroxylamine groups is 1. The van der Waals surface area contributed by atoms with Gasteiger partial charge in [0, 0.05) is 0 Å². The molecule has 0 radical (unpaired) electrons. The fourth-order valence-corrected chi connectivity index (χ4v) is 1.04. The van der Waals surface area contributed by atoms with Gasteiger partial charge in [-0.1, -0.05) is 30.3 Å². The maximum atomic E-state index is 10.9. The molecule has 0 aliphatic rings. The van der Waals surface area contributed by atoms with Gasteiger partial charge in [-0.3, -0.25) is 4.79 Å². The zero-order valence-electron chi connectivity index (χ0n) is 8.53. The lowest BCUT2D eigenvalue weighted by Crippen LogP contribution is -2.20. The molecule has 1 rings (SSSR count). The van der Waals surface area contributed by atoms with Crippen LogP contribution >= 0.6 is 0 Å². The molecule has 0 atom stereocenters. The highest BCUT2D eigenvalue weighted by Gasteiger charge is 2.05. The number of rotatable bonds is 5. The topological polar surface area (TPSA) is 55.4 Å². The molecule has 0 amide bonds. The minimum absolute atomic E-state index is 0.193. The number of carbonyl (C=O) groups excluding carboxylic acids is 2. The summed E-state index contributed by atoms with van der Waals surface area (Å²) < 4.78 is 0. The van der Waals surface area contributed by atoms with E-state index in [1.807, 2.05) is 30.3 Å². The Morgan fingerprint density at radius 2 is 1.93 bits per heavy atom. The summed E-state index contributed by atoms with van der Waals surface area (Å²) in [5, 5.41) is 0. The summed E-state index contributed by atoms with van der Waals surface area (Å²) in [6, 6.07) is 9.52. The molecule has 0 unspecified atom stereocenters. The van der Waals surface area contributed by atoms with Gasteiger partial charge in [-0.15, -0.1) is 5.48 Å². The van der Waals surface area contributed by atoms with Crippen molar-refractivity contribution in [1.82, 2.24) is 5.48 Å². The molecular weight excluding hydrogens is 194 g/mol. The first-order chi connectivity index (χ1) is 7.18. The summed E-state index contributed by atoms with van der Waals surface area (Å²) in [6.07, 6.45) is -0.193. The summed E-state index contributed by atoms with van der Waals surface area (Å²) in [6.45, 7) is 1.78. The molecule has 0 aliphatic carbocycles. The Bertz CT molecular complexity index is 335. The molecular formula is C11H13NO3. The van der Waals surface area contributed by atoms with E-state index in [-0.39, 0.29) is 12.2 Å². The first-order valence-corrected chi connectivity index (χ1v) is 4.64. The normalized spacial score (nSPS) is 9.67. The first-order valence-electron chi connectivity index (χ1n) is 4.64. The summed E-state index contributed by atoms with van der Waals surface area (Å²) in [4.78, 5) is 26.1. The Morgan fingerprint density at radius 3 is 2.53 bits per heavy atom. The van der Waals surface area contributed by atoms with E-state index < -0.39 is 5.97 Å². The maximum absolute atomic E-state index is 10.9. The van der Waals surface area contributed by atoms with Gasteiger partial charge in [0.2, 0.25) is 0 Å². The summed E-state index contributed by atoms with van der Waals surface area (Å²) in [7, 11) is 0. The predicted octanol–water partition coefficient (Wildman–Crippen LogP) is 1.21. The van der Waals surface area contributed by atoms with Crippen molar-refractivity contribution in [2.24, 2.45) is 0 Å². The van der Waals surface area contributed by atoms with Gasteiger partial charge in [-0.2, -0.15) is 0 Å². The molecule has 4 nitrogen and oxygen atoms in total. The Kier molecular flexibility index (Phi) is 4.50. The lowest BCUT2D eigenvalue weighted by molar-refractivity contribution is -0.152. The van der Waals surface area contributed by atoms with Crippen LogP contribution in [0.1, 0.15) is 18.9 Å². The average molecular weight is 207 g/mol. The Morgan fingerprint density at radius 1 is 1.27 bits per heavy atom. The molecule has 15 heavy (non-hydrogen) atoms. The van der Waals surface area contributed by atoms with E-state index in [2.05, 4.69) is 10.3 Å². The molecule has 0 saturated heterocycles. The third-order valence-corrected chi connectivity index (χ3v) is 1.70. The number of hydrogen-bond donors (Lipinski definition) is 1. The fraction of sp³-hybridized carbons (Fsp3) is 0.273. The van der Waals surface area contributed by atoms with Crippen LogP contribution in [0.15, 0.2) is 30.3 Å². The molecule has 80 valence electrons. The number of Topliss-reactive ketones (excluding diaryl/α,β-unsaturated/α-hetero) is 1. The minimum Gasteiger partial charge on any atom is -0.370 e. The lowest BCUT2D eigenvalue weighted by Gasteiger charge is -2.04. The van der Waals surface area contributed by atoms with Crippen molar-refractivity contribution in [3.63, 3.8) is 0 Å². The lowest BCUT2D eigenvalue weighted by atomic mass is 10.2. The van der Waals surface area contributed by atoms with Gasteiger partial charge in [-0.25, -0.2) is 4.79 Å². The highest BCUT2D eigenvalue weighted by atomic mass is 16.7. The molecule has 0 bridgehead atoms. The number of benzene rings is 1. The largest absolute Gasteiger partial charge is 0.370 e. The van der Waals surface area contributed by atoms with Crippen molar-refractivity contribution >= 4 is 11.8 Å². The van der Waals surface area contributed by atoms with Crippen molar-refractivity contribution in [1.29, 1.82) is 0 Å². The van der Waals surface area contributed by atoms with E-state index in [1.54, 1.807) is 0 Å². The molecule has 0 heterocycles. The van der Waals surface area contributed by atoms with Gasteiger partial charge >= 0.3 is 5.97 Å². The zero-order chi connectivity index (χ0) is 11.1. The third-order valence-electron chi connectivity index (χ3n) is 1.70. The molecule has 0 fully saturated rings. The van der Waals surface area contributed by atoms with Gasteiger partial charge in [0.25, 0.3) is 0 Å². The molecule has 1 aromatic carbocycles. The summed E-state index contributed by atoms with van der Waals surface area (Å²) in [5.74, 6) is -0.764. The number of hydrogen-bond acceptors (Lipinski definition) is 4. The highest BCUT2D eigenvalue weighted by molar-refractivity contribution is 5.93. The minimum atomic E-state index is -0.557. The van der Waals surface area contributed by atoms with Crippen LogP contribution in [0.25, 0.3) is 0 Å². The van der Waals surface area contributed by atoms with E-state index in [9.17, 15) is 9.59 Å². The summed E-state index contributed by atoms with van der Waals surface area (Å²) >= 11 is 0. The standard InChI is InChI=1S/C11H13NO3/c1-9(13)7-11(14)15-12-8-10-5-3-2-4-6-10/h2-6,12H,7-8H2,1H3. The smallest absolute Gasteiger partial charge is 0.332 e. The van der Waals surface area contributed by atoms with Gasteiger partial charge in [0.1, 0.15) is 12.2 Å². The number of ketones is 1. The summed E-state index contributed by atoms with van der Waals surface area (Å²) in [5.41, 5.74) is 3.51. The third kappa shape index (κ3) is 4.93. The van der Waals surface area contributed by atoms with Crippen LogP contribution in [-0.2, 0) is 21.0 Å². The van der Waals surface area contributed by atoms with Crippen LogP contribution in [0.3, 0.4) is 0 Å². The SMILES string of the molecule is CC(=O)CC(=O)ONCc1ccccc1. The molecule has 0 saturated carbocycles. The van der Waals surface area contributed by atoms with Crippen LogP contribution in [0.4, 0.5) is 0 Å². The number of carbonyl (C=O) groups is 2. The van der Waals surface area contributed by atoms with Crippen molar-refractivity contribution in [3.8, 4) is 0 Å². The van der Waals surface area contributed by atoms with Crippen molar-refractivity contribution in [2.45, 2.75) is 19.9 Å². The fourth-order valence-electron chi connectivity index (χ4n) is 1.04. The predicted molar refractivity (Wildman–Crippen MR) is 54.7 cm³/mol. The van der Waals surface area contributed by atoms with Crippen molar-refractivity contribution in [2.75, 3.05) is 0 Å².